The van der Waals surface area contributed by atoms with E-state index in [1.165, 1.54) is 24.3 Å². The lowest BCUT2D eigenvalue weighted by Crippen LogP contribution is -2.46. The van der Waals surface area contributed by atoms with E-state index in [1.54, 1.807) is 13.8 Å². The number of rotatable bonds is 8. The minimum Gasteiger partial charge on any atom is -0.456 e. The van der Waals surface area contributed by atoms with Crippen molar-refractivity contribution in [1.29, 1.82) is 0 Å². The molecule has 0 aliphatic carbocycles. The predicted octanol–water partition coefficient (Wildman–Crippen LogP) is 3.17. The molecule has 166 valence electrons. The van der Waals surface area contributed by atoms with E-state index in [2.05, 4.69) is 0 Å². The van der Waals surface area contributed by atoms with Gasteiger partial charge in [-0.3, -0.25) is 29.4 Å². The molecule has 2 amide bonds. The highest BCUT2D eigenvalue weighted by Gasteiger charge is 2.47. The largest absolute Gasteiger partial charge is 0.456 e. The van der Waals surface area contributed by atoms with Gasteiger partial charge in [0.05, 0.1) is 10.5 Å². The molecular formula is C22H19FN2O7. The van der Waals surface area contributed by atoms with E-state index in [0.717, 1.165) is 18.2 Å². The number of ether oxygens (including phenoxy) is 1. The molecule has 0 saturated carbocycles. The molecule has 0 unspecified atom stereocenters. The summed E-state index contributed by atoms with van der Waals surface area (Å²) in [6.07, 6.45) is 0.0306. The lowest BCUT2D eigenvalue weighted by molar-refractivity contribution is -0.385. The molecule has 0 bridgehead atoms. The standard InChI is InChI=1S/C22H19FN2O7/c1-12(2)10-17(22(29)32-11-18(26)13-6-8-14(23)9-7-13)24-20(27)15-4-3-5-16(25(30)31)19(15)21(24)28/h3-9,12,17H,10-11H2,1-2H3/t17-/m0/s1. The van der Waals surface area contributed by atoms with E-state index in [0.29, 0.717) is 4.90 Å². The number of Topliss-reactive ketones (excluding diaryl/α,β-unsaturated/α-hetero) is 1. The molecule has 1 aliphatic heterocycles. The first-order valence-electron chi connectivity index (χ1n) is 9.72. The average Bonchev–Trinajstić information content (AvgIpc) is 3.00. The number of nitrogens with zero attached hydrogens (tertiary/aromatic N) is 2. The van der Waals surface area contributed by atoms with Crippen LogP contribution in [0.5, 0.6) is 0 Å². The van der Waals surface area contributed by atoms with Crippen molar-refractivity contribution in [3.05, 3.63) is 75.1 Å². The van der Waals surface area contributed by atoms with E-state index in [-0.39, 0.29) is 29.0 Å². The Bertz CT molecular complexity index is 1110. The Morgan fingerprint density at radius 3 is 2.34 bits per heavy atom. The smallest absolute Gasteiger partial charge is 0.329 e. The number of ketones is 1. The van der Waals surface area contributed by atoms with Gasteiger partial charge in [0.25, 0.3) is 17.5 Å². The maximum absolute atomic E-state index is 13.0. The lowest BCUT2D eigenvalue weighted by Gasteiger charge is -2.25. The van der Waals surface area contributed by atoms with Gasteiger partial charge in [-0.05, 0) is 42.7 Å². The predicted molar refractivity (Wildman–Crippen MR) is 109 cm³/mol. The summed E-state index contributed by atoms with van der Waals surface area (Å²) in [6.45, 7) is 2.83. The molecule has 0 N–H and O–H groups in total. The number of nitro groups is 1. The van der Waals surface area contributed by atoms with E-state index in [4.69, 9.17) is 4.74 Å². The summed E-state index contributed by atoms with van der Waals surface area (Å²) in [7, 11) is 0. The quantitative estimate of drug-likeness (QED) is 0.202. The van der Waals surface area contributed by atoms with Crippen molar-refractivity contribution in [2.24, 2.45) is 5.92 Å². The van der Waals surface area contributed by atoms with Crippen LogP contribution in [0.1, 0.15) is 51.3 Å². The second kappa shape index (κ2) is 9.04. The van der Waals surface area contributed by atoms with Crippen molar-refractivity contribution < 1.29 is 33.2 Å². The zero-order valence-electron chi connectivity index (χ0n) is 17.2. The van der Waals surface area contributed by atoms with Gasteiger partial charge in [0.1, 0.15) is 17.4 Å². The zero-order chi connectivity index (χ0) is 23.6. The number of amides is 2. The number of carbonyl (C=O) groups is 4. The van der Waals surface area contributed by atoms with Crippen molar-refractivity contribution in [3.8, 4) is 0 Å². The van der Waals surface area contributed by atoms with Gasteiger partial charge in [-0.1, -0.05) is 19.9 Å². The summed E-state index contributed by atoms with van der Waals surface area (Å²) < 4.78 is 18.1. The van der Waals surface area contributed by atoms with Crippen LogP contribution < -0.4 is 0 Å². The Labute approximate surface area is 181 Å². The molecule has 1 heterocycles. The third-order valence-electron chi connectivity index (χ3n) is 4.91. The van der Waals surface area contributed by atoms with Gasteiger partial charge in [0.15, 0.2) is 12.4 Å². The maximum atomic E-state index is 13.0. The molecular weight excluding hydrogens is 423 g/mol. The van der Waals surface area contributed by atoms with E-state index in [1.807, 2.05) is 0 Å². The summed E-state index contributed by atoms with van der Waals surface area (Å²) in [6, 6.07) is 6.93. The van der Waals surface area contributed by atoms with Gasteiger partial charge in [0, 0.05) is 11.6 Å². The van der Waals surface area contributed by atoms with Crippen LogP contribution in [-0.2, 0) is 9.53 Å². The van der Waals surface area contributed by atoms with Gasteiger partial charge in [-0.15, -0.1) is 0 Å². The molecule has 0 saturated heterocycles. The van der Waals surface area contributed by atoms with E-state index in [9.17, 15) is 33.7 Å². The van der Waals surface area contributed by atoms with E-state index < -0.39 is 52.6 Å². The van der Waals surface area contributed by atoms with Gasteiger partial charge in [-0.2, -0.15) is 0 Å². The number of nitro benzene ring substituents is 1. The zero-order valence-corrected chi connectivity index (χ0v) is 17.2. The molecule has 9 nitrogen and oxygen atoms in total. The Balaban J connectivity index is 1.84. The van der Waals surface area contributed by atoms with Crippen molar-refractivity contribution in [2.45, 2.75) is 26.3 Å². The summed E-state index contributed by atoms with van der Waals surface area (Å²) in [4.78, 5) is 62.0. The molecule has 0 fully saturated rings. The Kier molecular flexibility index (Phi) is 6.42. The van der Waals surface area contributed by atoms with Gasteiger partial charge < -0.3 is 4.74 Å². The van der Waals surface area contributed by atoms with Crippen molar-refractivity contribution in [1.82, 2.24) is 4.90 Å². The van der Waals surface area contributed by atoms with Crippen LogP contribution in [-0.4, -0.2) is 46.0 Å². The highest BCUT2D eigenvalue weighted by molar-refractivity contribution is 6.24. The third-order valence-corrected chi connectivity index (χ3v) is 4.91. The fourth-order valence-electron chi connectivity index (χ4n) is 3.43. The number of halogens is 1. The van der Waals surface area contributed by atoms with Crippen molar-refractivity contribution >= 4 is 29.3 Å². The minimum atomic E-state index is -1.37. The topological polar surface area (TPSA) is 124 Å². The molecule has 0 aromatic heterocycles. The first kappa shape index (κ1) is 22.7. The Hall–Kier alpha value is -3.95. The lowest BCUT2D eigenvalue weighted by atomic mass is 10.0. The number of fused-ring (bicyclic) bond motifs is 1. The van der Waals surface area contributed by atoms with E-state index >= 15 is 0 Å². The fourth-order valence-corrected chi connectivity index (χ4v) is 3.43. The first-order valence-corrected chi connectivity index (χ1v) is 9.72. The molecule has 32 heavy (non-hydrogen) atoms. The third kappa shape index (κ3) is 4.39. The molecule has 0 radical (unpaired) electrons. The number of esters is 1. The van der Waals surface area contributed by atoms with Crippen LogP contribution in [0, 0.1) is 21.8 Å². The number of carbonyl (C=O) groups excluding carboxylic acids is 4. The number of benzene rings is 2. The summed E-state index contributed by atoms with van der Waals surface area (Å²) >= 11 is 0. The Morgan fingerprint density at radius 1 is 1.09 bits per heavy atom. The van der Waals surface area contributed by atoms with Gasteiger partial charge >= 0.3 is 5.97 Å². The average molecular weight is 442 g/mol. The number of imide groups is 1. The van der Waals surface area contributed by atoms with Crippen LogP contribution in [0.4, 0.5) is 10.1 Å². The Morgan fingerprint density at radius 2 is 1.75 bits per heavy atom. The van der Waals surface area contributed by atoms with Crippen LogP contribution in [0.2, 0.25) is 0 Å². The molecule has 2 aromatic carbocycles. The molecule has 2 aromatic rings. The van der Waals surface area contributed by atoms with Crippen molar-refractivity contribution in [3.63, 3.8) is 0 Å². The molecule has 0 spiro atoms. The van der Waals surface area contributed by atoms with Crippen molar-refractivity contribution in [2.75, 3.05) is 6.61 Å². The van der Waals surface area contributed by atoms with Gasteiger partial charge in [0.2, 0.25) is 0 Å². The summed E-state index contributed by atoms with van der Waals surface area (Å²) in [5, 5.41) is 11.3. The highest BCUT2D eigenvalue weighted by Crippen LogP contribution is 2.33. The molecule has 1 atom stereocenters. The second-order valence-electron chi connectivity index (χ2n) is 7.62. The minimum absolute atomic E-state index is 0.0306. The SMILES string of the molecule is CC(C)C[C@@H](C(=O)OCC(=O)c1ccc(F)cc1)N1C(=O)c2cccc([N+](=O)[O-])c2C1=O. The van der Waals surface area contributed by atoms with Crippen LogP contribution in [0.15, 0.2) is 42.5 Å². The van der Waals surface area contributed by atoms with Crippen LogP contribution >= 0.6 is 0 Å². The van der Waals surface area contributed by atoms with Crippen LogP contribution in [0.3, 0.4) is 0 Å². The molecule has 3 rings (SSSR count). The number of hydrogen-bond donors (Lipinski definition) is 0. The molecule has 10 heteroatoms. The van der Waals surface area contributed by atoms with Crippen LogP contribution in [0.25, 0.3) is 0 Å². The maximum Gasteiger partial charge on any atom is 0.329 e. The summed E-state index contributed by atoms with van der Waals surface area (Å²) in [5.41, 5.74) is -0.970. The van der Waals surface area contributed by atoms with Gasteiger partial charge in [-0.25, -0.2) is 9.18 Å². The molecule has 1 aliphatic rings. The second-order valence-corrected chi connectivity index (χ2v) is 7.62. The first-order chi connectivity index (χ1) is 15.1. The number of hydrogen-bond acceptors (Lipinski definition) is 7. The fraction of sp³-hybridized carbons (Fsp3) is 0.273. The monoisotopic (exact) mass is 442 g/mol. The normalized spacial score (nSPS) is 13.8. The summed E-state index contributed by atoms with van der Waals surface area (Å²) in [5.74, 6) is -4.09. The highest BCUT2D eigenvalue weighted by atomic mass is 19.1.